The van der Waals surface area contributed by atoms with Gasteiger partial charge in [-0.05, 0) is 43.0 Å². The first kappa shape index (κ1) is 18.5. The van der Waals surface area contributed by atoms with Crippen molar-refractivity contribution in [2.24, 2.45) is 5.92 Å². The zero-order valence-corrected chi connectivity index (χ0v) is 14.9. The number of hydrogen-bond donors (Lipinski definition) is 0. The van der Waals surface area contributed by atoms with Crippen molar-refractivity contribution in [1.82, 2.24) is 0 Å². The number of carbonyl (C=O) groups excluding carboxylic acids is 1. The lowest BCUT2D eigenvalue weighted by molar-refractivity contribution is -0.146. The average molecular weight is 362 g/mol. The van der Waals surface area contributed by atoms with Crippen molar-refractivity contribution in [2.75, 3.05) is 6.61 Å². The Balaban J connectivity index is 2.01. The molecular formula is C21H21F3O2. The summed E-state index contributed by atoms with van der Waals surface area (Å²) in [5, 5.41) is 0. The van der Waals surface area contributed by atoms with Gasteiger partial charge in [0, 0.05) is 5.92 Å². The number of alkyl halides is 3. The van der Waals surface area contributed by atoms with Crippen molar-refractivity contribution in [1.29, 1.82) is 0 Å². The summed E-state index contributed by atoms with van der Waals surface area (Å²) < 4.78 is 43.8. The SMILES string of the molecule is CCOC(=O)C1(c2ccc(C)cc2)C(C)C1c1ccc(C(F)(F)F)cc1. The topological polar surface area (TPSA) is 26.3 Å². The third-order valence-electron chi connectivity index (χ3n) is 5.34. The Bertz CT molecular complexity index is 794. The van der Waals surface area contributed by atoms with Crippen LogP contribution in [0, 0.1) is 12.8 Å². The van der Waals surface area contributed by atoms with Gasteiger partial charge in [-0.3, -0.25) is 4.79 Å². The van der Waals surface area contributed by atoms with Gasteiger partial charge in [-0.2, -0.15) is 13.2 Å². The van der Waals surface area contributed by atoms with Crippen LogP contribution in [0.2, 0.25) is 0 Å². The van der Waals surface area contributed by atoms with Crippen LogP contribution in [0.25, 0.3) is 0 Å². The van der Waals surface area contributed by atoms with E-state index in [2.05, 4.69) is 0 Å². The largest absolute Gasteiger partial charge is 0.465 e. The van der Waals surface area contributed by atoms with Crippen LogP contribution < -0.4 is 0 Å². The summed E-state index contributed by atoms with van der Waals surface area (Å²) in [7, 11) is 0. The molecule has 3 unspecified atom stereocenters. The summed E-state index contributed by atoms with van der Waals surface area (Å²) >= 11 is 0. The van der Waals surface area contributed by atoms with Crippen molar-refractivity contribution < 1.29 is 22.7 Å². The summed E-state index contributed by atoms with van der Waals surface area (Å²) in [4.78, 5) is 12.8. The molecule has 1 saturated carbocycles. The minimum atomic E-state index is -4.37. The molecule has 1 aliphatic carbocycles. The first-order valence-electron chi connectivity index (χ1n) is 8.64. The van der Waals surface area contributed by atoms with Crippen molar-refractivity contribution >= 4 is 5.97 Å². The van der Waals surface area contributed by atoms with E-state index < -0.39 is 17.2 Å². The molecule has 3 atom stereocenters. The normalized spacial score (nSPS) is 25.0. The van der Waals surface area contributed by atoms with E-state index >= 15 is 0 Å². The van der Waals surface area contributed by atoms with Crippen LogP contribution in [-0.2, 0) is 21.1 Å². The zero-order valence-electron chi connectivity index (χ0n) is 14.9. The van der Waals surface area contributed by atoms with Crippen molar-refractivity contribution in [3.05, 3.63) is 70.8 Å². The predicted octanol–water partition coefficient (Wildman–Crippen LogP) is 5.25. The van der Waals surface area contributed by atoms with Crippen molar-refractivity contribution in [3.63, 3.8) is 0 Å². The molecule has 0 spiro atoms. The Morgan fingerprint density at radius 1 is 1.08 bits per heavy atom. The van der Waals surface area contributed by atoms with Gasteiger partial charge in [0.2, 0.25) is 0 Å². The minimum absolute atomic E-state index is 0.0546. The average Bonchev–Trinajstić information content (AvgIpc) is 3.21. The number of rotatable bonds is 4. The Morgan fingerprint density at radius 2 is 1.65 bits per heavy atom. The molecule has 0 aliphatic heterocycles. The van der Waals surface area contributed by atoms with Gasteiger partial charge in [0.1, 0.15) is 5.41 Å². The molecule has 5 heteroatoms. The van der Waals surface area contributed by atoms with Crippen LogP contribution in [-0.4, -0.2) is 12.6 Å². The smallest absolute Gasteiger partial charge is 0.416 e. The second kappa shape index (κ2) is 6.45. The third-order valence-corrected chi connectivity index (χ3v) is 5.34. The summed E-state index contributed by atoms with van der Waals surface area (Å²) in [6.07, 6.45) is -4.37. The number of aryl methyl sites for hydroxylation is 1. The maximum Gasteiger partial charge on any atom is 0.416 e. The Hall–Kier alpha value is -2.30. The fourth-order valence-electron chi connectivity index (χ4n) is 3.95. The van der Waals surface area contributed by atoms with Gasteiger partial charge in [-0.15, -0.1) is 0 Å². The van der Waals surface area contributed by atoms with Gasteiger partial charge in [0.25, 0.3) is 0 Å². The lowest BCUT2D eigenvalue weighted by Gasteiger charge is -2.18. The van der Waals surface area contributed by atoms with E-state index in [9.17, 15) is 18.0 Å². The molecule has 0 N–H and O–H groups in total. The zero-order chi connectivity index (χ0) is 19.1. The van der Waals surface area contributed by atoms with E-state index in [1.807, 2.05) is 38.1 Å². The van der Waals surface area contributed by atoms with Crippen LogP contribution in [0.15, 0.2) is 48.5 Å². The molecule has 26 heavy (non-hydrogen) atoms. The molecule has 0 aromatic heterocycles. The number of hydrogen-bond acceptors (Lipinski definition) is 2. The van der Waals surface area contributed by atoms with E-state index in [1.165, 1.54) is 12.1 Å². The van der Waals surface area contributed by atoms with Gasteiger partial charge in [0.15, 0.2) is 0 Å². The monoisotopic (exact) mass is 362 g/mol. The fraction of sp³-hybridized carbons (Fsp3) is 0.381. The third kappa shape index (κ3) is 2.89. The Kier molecular flexibility index (Phi) is 4.59. The number of benzene rings is 2. The lowest BCUT2D eigenvalue weighted by atomic mass is 9.89. The summed E-state index contributed by atoms with van der Waals surface area (Å²) in [6, 6.07) is 12.8. The van der Waals surface area contributed by atoms with Gasteiger partial charge in [0.05, 0.1) is 12.2 Å². The quantitative estimate of drug-likeness (QED) is 0.695. The van der Waals surface area contributed by atoms with E-state index in [4.69, 9.17) is 4.74 Å². The maximum absolute atomic E-state index is 12.8. The van der Waals surface area contributed by atoms with E-state index in [0.29, 0.717) is 0 Å². The van der Waals surface area contributed by atoms with Crippen LogP contribution >= 0.6 is 0 Å². The second-order valence-electron chi connectivity index (χ2n) is 6.84. The van der Waals surface area contributed by atoms with Crippen LogP contribution in [0.5, 0.6) is 0 Å². The van der Waals surface area contributed by atoms with E-state index in [1.54, 1.807) is 6.92 Å². The second-order valence-corrected chi connectivity index (χ2v) is 6.84. The summed E-state index contributed by atoms with van der Waals surface area (Å²) in [6.45, 7) is 5.92. The number of esters is 1. The van der Waals surface area contributed by atoms with Gasteiger partial charge in [-0.1, -0.05) is 48.9 Å². The molecule has 1 fully saturated rings. The first-order chi connectivity index (χ1) is 12.2. The van der Waals surface area contributed by atoms with Crippen LogP contribution in [0.3, 0.4) is 0 Å². The molecule has 2 aromatic carbocycles. The molecule has 0 radical (unpaired) electrons. The molecule has 0 bridgehead atoms. The highest BCUT2D eigenvalue weighted by molar-refractivity contribution is 5.90. The molecule has 138 valence electrons. The van der Waals surface area contributed by atoms with Gasteiger partial charge >= 0.3 is 12.1 Å². The molecule has 2 aromatic rings. The predicted molar refractivity (Wildman–Crippen MR) is 92.8 cm³/mol. The highest BCUT2D eigenvalue weighted by Gasteiger charge is 2.69. The van der Waals surface area contributed by atoms with Gasteiger partial charge in [-0.25, -0.2) is 0 Å². The molecule has 0 amide bonds. The molecule has 1 aliphatic rings. The summed E-state index contributed by atoms with van der Waals surface area (Å²) in [5.74, 6) is -0.575. The molecule has 0 heterocycles. The molecule has 3 rings (SSSR count). The molecule has 2 nitrogen and oxygen atoms in total. The molecular weight excluding hydrogens is 341 g/mol. The van der Waals surface area contributed by atoms with Crippen molar-refractivity contribution in [2.45, 2.75) is 38.3 Å². The Labute approximate surface area is 151 Å². The number of ether oxygens (including phenoxy) is 1. The van der Waals surface area contributed by atoms with Crippen LogP contribution in [0.1, 0.15) is 42.0 Å². The summed E-state index contributed by atoms with van der Waals surface area (Å²) in [5.41, 5.74) is 1.11. The maximum atomic E-state index is 12.8. The van der Waals surface area contributed by atoms with Gasteiger partial charge < -0.3 is 4.74 Å². The minimum Gasteiger partial charge on any atom is -0.465 e. The number of halogens is 3. The number of carbonyl (C=O) groups is 1. The standard InChI is InChI=1S/C21H21F3O2/c1-4-26-19(25)20(16-9-5-13(2)6-10-16)14(3)18(20)15-7-11-17(12-8-15)21(22,23)24/h5-12,14,18H,4H2,1-3H3. The Morgan fingerprint density at radius 3 is 2.15 bits per heavy atom. The first-order valence-corrected chi connectivity index (χ1v) is 8.64. The molecule has 0 saturated heterocycles. The lowest BCUT2D eigenvalue weighted by Crippen LogP contribution is -2.26. The van der Waals surface area contributed by atoms with Crippen molar-refractivity contribution in [3.8, 4) is 0 Å². The fourth-order valence-corrected chi connectivity index (χ4v) is 3.95. The van der Waals surface area contributed by atoms with E-state index in [0.717, 1.165) is 28.8 Å². The van der Waals surface area contributed by atoms with Crippen LogP contribution in [0.4, 0.5) is 13.2 Å². The highest BCUT2D eigenvalue weighted by Crippen LogP contribution is 2.66. The highest BCUT2D eigenvalue weighted by atomic mass is 19.4. The van der Waals surface area contributed by atoms with E-state index in [-0.39, 0.29) is 24.4 Å².